The molecule has 24 heavy (non-hydrogen) atoms. The summed E-state index contributed by atoms with van der Waals surface area (Å²) in [6.07, 6.45) is 0. The molecule has 0 aromatic heterocycles. The molecule has 126 valence electrons. The minimum absolute atomic E-state index is 0.0793. The van der Waals surface area contributed by atoms with Crippen LogP contribution in [0.2, 0.25) is 0 Å². The Morgan fingerprint density at radius 1 is 1.04 bits per heavy atom. The molecule has 0 saturated heterocycles. The lowest BCUT2D eigenvalue weighted by Crippen LogP contribution is -2.45. The Bertz CT molecular complexity index is 701. The summed E-state index contributed by atoms with van der Waals surface area (Å²) in [5, 5.41) is 2.76. The van der Waals surface area contributed by atoms with Crippen LogP contribution >= 0.6 is 15.9 Å². The van der Waals surface area contributed by atoms with E-state index in [0.717, 1.165) is 10.0 Å². The maximum atomic E-state index is 12.4. The third-order valence-electron chi connectivity index (χ3n) is 3.57. The van der Waals surface area contributed by atoms with Crippen molar-refractivity contribution < 1.29 is 14.3 Å². The van der Waals surface area contributed by atoms with Crippen LogP contribution in [0.25, 0.3) is 0 Å². The van der Waals surface area contributed by atoms with Crippen molar-refractivity contribution in [1.29, 1.82) is 0 Å². The number of nitrogens with one attached hydrogen (secondary N) is 1. The third kappa shape index (κ3) is 4.93. The van der Waals surface area contributed by atoms with Crippen LogP contribution in [-0.4, -0.2) is 17.9 Å². The van der Waals surface area contributed by atoms with Crippen LogP contribution in [0.1, 0.15) is 29.8 Å². The number of ether oxygens (including phenoxy) is 1. The summed E-state index contributed by atoms with van der Waals surface area (Å²) in [7, 11) is 0. The van der Waals surface area contributed by atoms with Gasteiger partial charge >= 0.3 is 5.97 Å². The maximum Gasteiger partial charge on any atom is 0.329 e. The molecule has 0 heterocycles. The first-order chi connectivity index (χ1) is 11.5. The van der Waals surface area contributed by atoms with E-state index in [1.54, 1.807) is 24.3 Å². The van der Waals surface area contributed by atoms with E-state index in [1.165, 1.54) is 0 Å². The lowest BCUT2D eigenvalue weighted by atomic mass is 10.0. The zero-order valence-corrected chi connectivity index (χ0v) is 15.2. The van der Waals surface area contributed by atoms with Crippen molar-refractivity contribution in [1.82, 2.24) is 5.32 Å². The number of carbonyl (C=O) groups is 2. The molecule has 0 aliphatic rings. The average Bonchev–Trinajstić information content (AvgIpc) is 2.59. The summed E-state index contributed by atoms with van der Waals surface area (Å²) in [5.41, 5.74) is 1.39. The van der Waals surface area contributed by atoms with Gasteiger partial charge in [0.15, 0.2) is 0 Å². The number of esters is 1. The van der Waals surface area contributed by atoms with Crippen LogP contribution in [-0.2, 0) is 16.1 Å². The molecule has 1 amide bonds. The highest BCUT2D eigenvalue weighted by atomic mass is 79.9. The second-order valence-electron chi connectivity index (χ2n) is 5.76. The van der Waals surface area contributed by atoms with E-state index in [1.807, 2.05) is 44.2 Å². The minimum Gasteiger partial charge on any atom is -0.459 e. The predicted molar refractivity (Wildman–Crippen MR) is 96.5 cm³/mol. The summed E-state index contributed by atoms with van der Waals surface area (Å²) in [5.74, 6) is -0.804. The van der Waals surface area contributed by atoms with E-state index in [-0.39, 0.29) is 18.4 Å². The highest BCUT2D eigenvalue weighted by Crippen LogP contribution is 2.17. The van der Waals surface area contributed by atoms with Crippen LogP contribution in [0.5, 0.6) is 0 Å². The summed E-state index contributed by atoms with van der Waals surface area (Å²) >= 11 is 3.42. The molecule has 4 nitrogen and oxygen atoms in total. The summed E-state index contributed by atoms with van der Waals surface area (Å²) < 4.78 is 6.27. The van der Waals surface area contributed by atoms with Gasteiger partial charge in [-0.25, -0.2) is 4.79 Å². The van der Waals surface area contributed by atoms with Crippen molar-refractivity contribution in [3.8, 4) is 0 Å². The van der Waals surface area contributed by atoms with Crippen molar-refractivity contribution in [3.05, 3.63) is 70.2 Å². The van der Waals surface area contributed by atoms with Gasteiger partial charge in [0.25, 0.3) is 5.91 Å². The fourth-order valence-corrected chi connectivity index (χ4v) is 2.57. The molecule has 0 aliphatic carbocycles. The Labute approximate surface area is 150 Å². The molecule has 0 spiro atoms. The van der Waals surface area contributed by atoms with Crippen molar-refractivity contribution in [2.75, 3.05) is 0 Å². The molecule has 0 bridgehead atoms. The molecular formula is C19H20BrNO3. The molecule has 0 fully saturated rings. The molecular weight excluding hydrogens is 370 g/mol. The quantitative estimate of drug-likeness (QED) is 0.760. The Morgan fingerprint density at radius 3 is 2.29 bits per heavy atom. The zero-order valence-electron chi connectivity index (χ0n) is 13.7. The summed E-state index contributed by atoms with van der Waals surface area (Å²) in [6, 6.07) is 15.7. The molecule has 2 aromatic carbocycles. The van der Waals surface area contributed by atoms with E-state index in [9.17, 15) is 9.59 Å². The van der Waals surface area contributed by atoms with E-state index in [4.69, 9.17) is 4.74 Å². The smallest absolute Gasteiger partial charge is 0.329 e. The highest BCUT2D eigenvalue weighted by molar-refractivity contribution is 9.10. The van der Waals surface area contributed by atoms with Crippen molar-refractivity contribution in [2.45, 2.75) is 26.5 Å². The largest absolute Gasteiger partial charge is 0.459 e. The van der Waals surface area contributed by atoms with E-state index >= 15 is 0 Å². The van der Waals surface area contributed by atoms with Gasteiger partial charge in [0, 0.05) is 15.6 Å². The number of rotatable bonds is 6. The molecule has 0 saturated carbocycles. The Hall–Kier alpha value is -2.14. The molecule has 0 aliphatic heterocycles. The van der Waals surface area contributed by atoms with Crippen molar-refractivity contribution in [3.63, 3.8) is 0 Å². The normalized spacial score (nSPS) is 11.8. The molecule has 2 aromatic rings. The van der Waals surface area contributed by atoms with Crippen molar-refractivity contribution in [2.24, 2.45) is 5.92 Å². The Kier molecular flexibility index (Phi) is 6.55. The number of hydrogen-bond acceptors (Lipinski definition) is 3. The molecule has 5 heteroatoms. The van der Waals surface area contributed by atoms with Crippen LogP contribution in [0.4, 0.5) is 0 Å². The average molecular weight is 390 g/mol. The van der Waals surface area contributed by atoms with Gasteiger partial charge in [-0.15, -0.1) is 0 Å². The Balaban J connectivity index is 2.00. The number of halogens is 1. The standard InChI is InChI=1S/C19H20BrNO3/c1-13(2)17(21-18(22)14-8-4-3-5-9-14)19(23)24-12-15-10-6-7-11-16(15)20/h3-11,13,17H,12H2,1-2H3,(H,21,22). The van der Waals surface area contributed by atoms with Crippen LogP contribution in [0, 0.1) is 5.92 Å². The lowest BCUT2D eigenvalue weighted by Gasteiger charge is -2.21. The van der Waals surface area contributed by atoms with Gasteiger partial charge in [-0.3, -0.25) is 4.79 Å². The van der Waals surface area contributed by atoms with E-state index in [0.29, 0.717) is 5.56 Å². The second-order valence-corrected chi connectivity index (χ2v) is 6.61. The first-order valence-corrected chi connectivity index (χ1v) is 8.54. The first kappa shape index (κ1) is 18.2. The Morgan fingerprint density at radius 2 is 1.67 bits per heavy atom. The molecule has 1 atom stereocenters. The molecule has 1 N–H and O–H groups in total. The second kappa shape index (κ2) is 8.64. The fourth-order valence-electron chi connectivity index (χ4n) is 2.17. The summed E-state index contributed by atoms with van der Waals surface area (Å²) in [4.78, 5) is 24.6. The molecule has 0 radical (unpaired) electrons. The van der Waals surface area contributed by atoms with Gasteiger partial charge < -0.3 is 10.1 Å². The highest BCUT2D eigenvalue weighted by Gasteiger charge is 2.26. The van der Waals surface area contributed by atoms with Crippen LogP contribution in [0.15, 0.2) is 59.1 Å². The lowest BCUT2D eigenvalue weighted by molar-refractivity contribution is -0.148. The first-order valence-electron chi connectivity index (χ1n) is 7.75. The number of amides is 1. The maximum absolute atomic E-state index is 12.4. The predicted octanol–water partition coefficient (Wildman–Crippen LogP) is 3.95. The van der Waals surface area contributed by atoms with Crippen molar-refractivity contribution >= 4 is 27.8 Å². The van der Waals surface area contributed by atoms with Crippen LogP contribution < -0.4 is 5.32 Å². The number of hydrogen-bond donors (Lipinski definition) is 1. The van der Waals surface area contributed by atoms with Gasteiger partial charge in [-0.05, 0) is 24.1 Å². The van der Waals surface area contributed by atoms with Crippen LogP contribution in [0.3, 0.4) is 0 Å². The number of benzene rings is 2. The fraction of sp³-hybridized carbons (Fsp3) is 0.263. The third-order valence-corrected chi connectivity index (χ3v) is 4.34. The van der Waals surface area contributed by atoms with Gasteiger partial charge in [-0.2, -0.15) is 0 Å². The molecule has 2 rings (SSSR count). The SMILES string of the molecule is CC(C)C(NC(=O)c1ccccc1)C(=O)OCc1ccccc1Br. The molecule has 1 unspecified atom stereocenters. The van der Waals surface area contributed by atoms with E-state index < -0.39 is 12.0 Å². The zero-order chi connectivity index (χ0) is 17.5. The van der Waals surface area contributed by atoms with Gasteiger partial charge in [0.1, 0.15) is 12.6 Å². The topological polar surface area (TPSA) is 55.4 Å². The number of carbonyl (C=O) groups excluding carboxylic acids is 2. The van der Waals surface area contributed by atoms with Gasteiger partial charge in [0.2, 0.25) is 0 Å². The van der Waals surface area contributed by atoms with Gasteiger partial charge in [-0.1, -0.05) is 66.2 Å². The minimum atomic E-state index is -0.694. The monoisotopic (exact) mass is 389 g/mol. The summed E-state index contributed by atoms with van der Waals surface area (Å²) in [6.45, 7) is 3.90. The van der Waals surface area contributed by atoms with Gasteiger partial charge in [0.05, 0.1) is 0 Å². The van der Waals surface area contributed by atoms with E-state index in [2.05, 4.69) is 21.2 Å².